The summed E-state index contributed by atoms with van der Waals surface area (Å²) in [6.07, 6.45) is 20.3. The highest BCUT2D eigenvalue weighted by Gasteiger charge is 2.63. The van der Waals surface area contributed by atoms with Crippen LogP contribution in [0.5, 0.6) is 0 Å². The maximum absolute atomic E-state index is 12.3. The molecule has 0 amide bonds. The zero-order chi connectivity index (χ0) is 25.6. The van der Waals surface area contributed by atoms with E-state index in [1.807, 2.05) is 6.08 Å². The fraction of sp³-hybridized carbons (Fsp3) is 0.788. The number of hydrogen-bond donors (Lipinski definition) is 3. The molecule has 0 radical (unpaired) electrons. The standard InChI is InChI=1S/C33H47NO3/c1-32-21-29(22-8-11-25(12-9-22)34-24-6-3-2-4-7-24)31-27-15-13-26(36)20-23(27)10-14-28(31)30(32)16-18-33(32,37)17-5-19-35/h20,22,24-25,28-30,34-35,37H,2-4,6-16,18-19,21H2,1H3. The first-order chi connectivity index (χ1) is 17.9. The molecule has 0 aromatic heterocycles. The Balaban J connectivity index is 1.29. The first-order valence-electron chi connectivity index (χ1n) is 15.5. The smallest absolute Gasteiger partial charge is 0.156 e. The summed E-state index contributed by atoms with van der Waals surface area (Å²) in [5.41, 5.74) is 3.31. The molecule has 4 saturated carbocycles. The van der Waals surface area contributed by atoms with Gasteiger partial charge in [-0.1, -0.05) is 43.6 Å². The summed E-state index contributed by atoms with van der Waals surface area (Å²) < 4.78 is 0. The number of hydrogen-bond acceptors (Lipinski definition) is 4. The lowest BCUT2D eigenvalue weighted by Gasteiger charge is -2.55. The molecule has 3 N–H and O–H groups in total. The van der Waals surface area contributed by atoms with E-state index in [0.29, 0.717) is 48.3 Å². The monoisotopic (exact) mass is 505 g/mol. The highest BCUT2D eigenvalue weighted by atomic mass is 16.3. The molecule has 0 bridgehead atoms. The van der Waals surface area contributed by atoms with Crippen LogP contribution in [0.1, 0.15) is 110 Å². The molecule has 5 unspecified atom stereocenters. The maximum atomic E-state index is 12.3. The topological polar surface area (TPSA) is 69.6 Å². The van der Waals surface area contributed by atoms with Crippen molar-refractivity contribution in [1.29, 1.82) is 0 Å². The minimum absolute atomic E-state index is 0.189. The summed E-state index contributed by atoms with van der Waals surface area (Å²) >= 11 is 0. The Morgan fingerprint density at radius 3 is 2.46 bits per heavy atom. The van der Waals surface area contributed by atoms with Crippen LogP contribution >= 0.6 is 0 Å². The Labute approximate surface area is 223 Å². The minimum Gasteiger partial charge on any atom is -0.384 e. The van der Waals surface area contributed by atoms with Gasteiger partial charge >= 0.3 is 0 Å². The third kappa shape index (κ3) is 4.58. The van der Waals surface area contributed by atoms with E-state index < -0.39 is 5.60 Å². The number of ketones is 1. The molecule has 0 aliphatic heterocycles. The SMILES string of the molecule is CC12CC(C3CCC(NC4CCCCC4)CC3)C3=C4CCC(=O)C=C4CCC3C1CCC2(O)C#CCO. The van der Waals surface area contributed by atoms with Gasteiger partial charge in [-0.05, 0) is 118 Å². The number of rotatable bonds is 3. The van der Waals surface area contributed by atoms with Gasteiger partial charge in [0.15, 0.2) is 5.78 Å². The van der Waals surface area contributed by atoms with E-state index in [1.165, 1.54) is 68.9 Å². The van der Waals surface area contributed by atoms with Crippen molar-refractivity contribution >= 4 is 5.78 Å². The fourth-order valence-electron chi connectivity index (χ4n) is 9.83. The number of aliphatic hydroxyl groups excluding tert-OH is 1. The van der Waals surface area contributed by atoms with Crippen molar-refractivity contribution in [2.45, 2.75) is 127 Å². The average molecular weight is 506 g/mol. The number of aliphatic hydroxyl groups is 2. The van der Waals surface area contributed by atoms with E-state index in [2.05, 4.69) is 24.1 Å². The number of nitrogens with one attached hydrogen (secondary N) is 1. The molecule has 0 aromatic carbocycles. The third-order valence-corrected chi connectivity index (χ3v) is 11.7. The fourth-order valence-corrected chi connectivity index (χ4v) is 9.83. The Kier molecular flexibility index (Phi) is 7.19. The average Bonchev–Trinajstić information content (AvgIpc) is 3.18. The highest BCUT2D eigenvalue weighted by molar-refractivity contribution is 5.93. The molecular formula is C33H47NO3. The third-order valence-electron chi connectivity index (χ3n) is 11.7. The summed E-state index contributed by atoms with van der Waals surface area (Å²) in [5, 5.41) is 25.4. The van der Waals surface area contributed by atoms with Gasteiger partial charge in [0.05, 0.1) is 0 Å². The highest BCUT2D eigenvalue weighted by Crippen LogP contribution is 2.66. The summed E-state index contributed by atoms with van der Waals surface area (Å²) in [7, 11) is 0. The molecule has 0 heterocycles. The Hall–Kier alpha value is -1.41. The Morgan fingerprint density at radius 2 is 1.70 bits per heavy atom. The molecule has 4 fully saturated rings. The largest absolute Gasteiger partial charge is 0.384 e. The van der Waals surface area contributed by atoms with Crippen molar-refractivity contribution in [2.24, 2.45) is 29.1 Å². The van der Waals surface area contributed by atoms with Crippen LogP contribution in [0.2, 0.25) is 0 Å². The van der Waals surface area contributed by atoms with E-state index in [-0.39, 0.29) is 12.0 Å². The van der Waals surface area contributed by atoms with Crippen LogP contribution in [0, 0.1) is 40.9 Å². The lowest BCUT2D eigenvalue weighted by atomic mass is 9.49. The van der Waals surface area contributed by atoms with Gasteiger partial charge in [0.25, 0.3) is 0 Å². The molecule has 6 aliphatic carbocycles. The first kappa shape index (κ1) is 25.8. The molecule has 6 aliphatic rings. The van der Waals surface area contributed by atoms with Gasteiger partial charge < -0.3 is 15.5 Å². The van der Waals surface area contributed by atoms with Crippen molar-refractivity contribution in [2.75, 3.05) is 6.61 Å². The normalized spacial score (nSPS) is 42.3. The lowest BCUT2D eigenvalue weighted by Crippen LogP contribution is -2.53. The van der Waals surface area contributed by atoms with E-state index in [0.717, 1.165) is 38.1 Å². The second-order valence-corrected chi connectivity index (χ2v) is 13.5. The van der Waals surface area contributed by atoms with E-state index >= 15 is 0 Å². The van der Waals surface area contributed by atoms with Crippen LogP contribution in [0.25, 0.3) is 0 Å². The molecule has 0 spiro atoms. The van der Waals surface area contributed by atoms with E-state index in [4.69, 9.17) is 0 Å². The molecule has 202 valence electrons. The van der Waals surface area contributed by atoms with Crippen LogP contribution in [0.15, 0.2) is 22.8 Å². The van der Waals surface area contributed by atoms with Gasteiger partial charge in [-0.2, -0.15) is 0 Å². The molecular weight excluding hydrogens is 458 g/mol. The molecule has 6 rings (SSSR count). The second-order valence-electron chi connectivity index (χ2n) is 13.5. The van der Waals surface area contributed by atoms with Crippen LogP contribution < -0.4 is 5.32 Å². The predicted molar refractivity (Wildman–Crippen MR) is 147 cm³/mol. The van der Waals surface area contributed by atoms with Crippen LogP contribution in [-0.4, -0.2) is 40.3 Å². The predicted octanol–water partition coefficient (Wildman–Crippen LogP) is 5.63. The van der Waals surface area contributed by atoms with Gasteiger partial charge in [0.2, 0.25) is 0 Å². The van der Waals surface area contributed by atoms with Crippen molar-refractivity contribution in [3.05, 3.63) is 22.8 Å². The zero-order valence-corrected chi connectivity index (χ0v) is 22.9. The number of carbonyl (C=O) groups is 1. The summed E-state index contributed by atoms with van der Waals surface area (Å²) in [5.74, 6) is 8.38. The first-order valence-corrected chi connectivity index (χ1v) is 15.5. The van der Waals surface area contributed by atoms with Gasteiger partial charge in [-0.15, -0.1) is 0 Å². The van der Waals surface area contributed by atoms with Gasteiger partial charge in [-0.3, -0.25) is 4.79 Å². The molecule has 4 heteroatoms. The van der Waals surface area contributed by atoms with E-state index in [9.17, 15) is 15.0 Å². The lowest BCUT2D eigenvalue weighted by molar-refractivity contribution is -0.114. The summed E-state index contributed by atoms with van der Waals surface area (Å²) in [6, 6.07) is 1.39. The number of allylic oxidation sites excluding steroid dienone is 4. The number of fused-ring (bicyclic) bond motifs is 4. The van der Waals surface area contributed by atoms with Crippen LogP contribution in [0.4, 0.5) is 0 Å². The van der Waals surface area contributed by atoms with Crippen molar-refractivity contribution in [3.8, 4) is 11.8 Å². The molecule has 0 saturated heterocycles. The van der Waals surface area contributed by atoms with Crippen molar-refractivity contribution < 1.29 is 15.0 Å². The molecule has 5 atom stereocenters. The molecule has 4 nitrogen and oxygen atoms in total. The van der Waals surface area contributed by atoms with E-state index in [1.54, 1.807) is 5.57 Å². The van der Waals surface area contributed by atoms with Crippen LogP contribution in [0.3, 0.4) is 0 Å². The van der Waals surface area contributed by atoms with Crippen molar-refractivity contribution in [1.82, 2.24) is 5.32 Å². The van der Waals surface area contributed by atoms with Gasteiger partial charge in [-0.25, -0.2) is 0 Å². The maximum Gasteiger partial charge on any atom is 0.156 e. The Morgan fingerprint density at radius 1 is 0.946 bits per heavy atom. The van der Waals surface area contributed by atoms with Crippen molar-refractivity contribution in [3.63, 3.8) is 0 Å². The minimum atomic E-state index is -1.01. The summed E-state index contributed by atoms with van der Waals surface area (Å²) in [4.78, 5) is 12.3. The van der Waals surface area contributed by atoms with Gasteiger partial charge in [0, 0.05) is 23.9 Å². The zero-order valence-electron chi connectivity index (χ0n) is 22.9. The quantitative estimate of drug-likeness (QED) is 0.435. The Bertz CT molecular complexity index is 1020. The second kappa shape index (κ2) is 10.3. The van der Waals surface area contributed by atoms with Crippen LogP contribution in [-0.2, 0) is 4.79 Å². The molecule has 37 heavy (non-hydrogen) atoms. The molecule has 0 aromatic rings. The summed E-state index contributed by atoms with van der Waals surface area (Å²) in [6.45, 7) is 2.13. The number of carbonyl (C=O) groups excluding carboxylic acids is 1. The van der Waals surface area contributed by atoms with Gasteiger partial charge in [0.1, 0.15) is 12.2 Å².